The Morgan fingerprint density at radius 1 is 0.926 bits per heavy atom. The van der Waals surface area contributed by atoms with Crippen molar-refractivity contribution < 1.29 is 4.79 Å². The highest BCUT2D eigenvalue weighted by molar-refractivity contribution is 6.08. The molecule has 2 aromatic carbocycles. The van der Waals surface area contributed by atoms with Gasteiger partial charge in [0.15, 0.2) is 5.78 Å². The van der Waals surface area contributed by atoms with Crippen LogP contribution in [0.15, 0.2) is 66.9 Å². The number of hydrogen-bond donors (Lipinski definition) is 1. The van der Waals surface area contributed by atoms with Crippen LogP contribution >= 0.6 is 12.4 Å². The molecule has 0 saturated carbocycles. The van der Waals surface area contributed by atoms with Crippen LogP contribution in [0, 0.1) is 0 Å². The normalized spacial score (nSPS) is 10.0. The van der Waals surface area contributed by atoms with Crippen LogP contribution < -0.4 is 5.32 Å². The Kier molecular flexibility index (Phi) is 11.2. The molecule has 146 valence electrons. The van der Waals surface area contributed by atoms with E-state index in [0.29, 0.717) is 6.42 Å². The van der Waals surface area contributed by atoms with Crippen LogP contribution in [-0.2, 0) is 7.05 Å². The molecular formula is C23H31ClN2O. The molecule has 0 aliphatic rings. The summed E-state index contributed by atoms with van der Waals surface area (Å²) in [6.45, 7) is 4.19. The lowest BCUT2D eigenvalue weighted by Gasteiger charge is -2.02. The summed E-state index contributed by atoms with van der Waals surface area (Å²) in [5.41, 5.74) is 2.00. The number of nitrogens with one attached hydrogen (secondary N) is 1. The molecule has 1 N–H and O–H groups in total. The summed E-state index contributed by atoms with van der Waals surface area (Å²) in [6.07, 6.45) is 5.86. The van der Waals surface area contributed by atoms with E-state index in [-0.39, 0.29) is 18.2 Å². The van der Waals surface area contributed by atoms with E-state index in [1.165, 1.54) is 0 Å². The molecule has 0 aliphatic carbocycles. The quantitative estimate of drug-likeness (QED) is 0.401. The number of hydrogen-bond acceptors (Lipinski definition) is 2. The fraction of sp³-hybridized carbons (Fsp3) is 0.348. The molecule has 0 fully saturated rings. The number of fused-ring (bicyclic) bond motifs is 1. The molecule has 1 aromatic heterocycles. The molecule has 0 atom stereocenters. The molecule has 27 heavy (non-hydrogen) atoms. The van der Waals surface area contributed by atoms with Crippen molar-refractivity contribution in [3.8, 4) is 0 Å². The lowest BCUT2D eigenvalue weighted by atomic mass is 10.0. The molecule has 0 bridgehead atoms. The molecule has 0 amide bonds. The minimum atomic E-state index is 0. The number of carbonyl (C=O) groups excluding carboxylic acids is 1. The Bertz CT molecular complexity index is 757. The zero-order valence-electron chi connectivity index (χ0n) is 16.4. The number of rotatable bonds is 8. The Morgan fingerprint density at radius 2 is 1.56 bits per heavy atom. The maximum atomic E-state index is 12.3. The summed E-state index contributed by atoms with van der Waals surface area (Å²) in [5, 5.41) is 4.38. The van der Waals surface area contributed by atoms with Crippen LogP contribution in [0.1, 0.15) is 43.0 Å². The molecular weight excluding hydrogens is 356 g/mol. The van der Waals surface area contributed by atoms with Gasteiger partial charge in [0.1, 0.15) is 0 Å². The Labute approximate surface area is 169 Å². The zero-order valence-corrected chi connectivity index (χ0v) is 17.2. The highest BCUT2D eigenvalue weighted by atomic mass is 35.5. The van der Waals surface area contributed by atoms with Gasteiger partial charge in [-0.3, -0.25) is 4.79 Å². The van der Waals surface area contributed by atoms with Gasteiger partial charge < -0.3 is 9.88 Å². The predicted octanol–water partition coefficient (Wildman–Crippen LogP) is 5.64. The number of benzene rings is 2. The van der Waals surface area contributed by atoms with Crippen molar-refractivity contribution in [2.75, 3.05) is 13.1 Å². The van der Waals surface area contributed by atoms with Gasteiger partial charge in [0.05, 0.1) is 0 Å². The van der Waals surface area contributed by atoms with E-state index in [9.17, 15) is 4.79 Å². The minimum Gasteiger partial charge on any atom is -0.350 e. The van der Waals surface area contributed by atoms with Gasteiger partial charge >= 0.3 is 0 Å². The van der Waals surface area contributed by atoms with E-state index < -0.39 is 0 Å². The van der Waals surface area contributed by atoms with Crippen molar-refractivity contribution >= 4 is 29.1 Å². The maximum Gasteiger partial charge on any atom is 0.165 e. The first kappa shape index (κ1) is 22.9. The van der Waals surface area contributed by atoms with Crippen LogP contribution in [-0.4, -0.2) is 23.4 Å². The largest absolute Gasteiger partial charge is 0.350 e. The van der Waals surface area contributed by atoms with Crippen molar-refractivity contribution in [2.45, 2.75) is 32.6 Å². The van der Waals surface area contributed by atoms with Crippen molar-refractivity contribution in [3.05, 3.63) is 72.4 Å². The minimum absolute atomic E-state index is 0. The van der Waals surface area contributed by atoms with Crippen LogP contribution in [0.5, 0.6) is 0 Å². The number of carbonyl (C=O) groups is 1. The number of nitrogens with zero attached hydrogens (tertiary/aromatic N) is 1. The monoisotopic (exact) mass is 386 g/mol. The number of unbranched alkanes of at least 4 members (excludes halogenated alkanes) is 2. The van der Waals surface area contributed by atoms with E-state index in [2.05, 4.69) is 18.3 Å². The SMILES string of the molecule is CCNCCCCCC(=O)c1cn(C)c2ccccc12.Cl.c1ccccc1. The second-order valence-electron chi connectivity index (χ2n) is 6.41. The molecule has 3 aromatic rings. The van der Waals surface area contributed by atoms with E-state index in [1.807, 2.05) is 72.4 Å². The second-order valence-corrected chi connectivity index (χ2v) is 6.41. The fourth-order valence-electron chi connectivity index (χ4n) is 2.97. The molecule has 4 heteroatoms. The summed E-state index contributed by atoms with van der Waals surface area (Å²) in [5.74, 6) is 0.269. The number of aryl methyl sites for hydroxylation is 1. The number of halogens is 1. The Hall–Kier alpha value is -2.10. The van der Waals surface area contributed by atoms with E-state index in [4.69, 9.17) is 0 Å². The average molecular weight is 387 g/mol. The third kappa shape index (κ3) is 7.58. The van der Waals surface area contributed by atoms with Crippen LogP contribution in [0.4, 0.5) is 0 Å². The first-order valence-corrected chi connectivity index (χ1v) is 9.52. The van der Waals surface area contributed by atoms with Crippen LogP contribution in [0.25, 0.3) is 10.9 Å². The molecule has 3 nitrogen and oxygen atoms in total. The predicted molar refractivity (Wildman–Crippen MR) is 118 cm³/mol. The lowest BCUT2D eigenvalue weighted by Crippen LogP contribution is -2.13. The van der Waals surface area contributed by atoms with Crippen molar-refractivity contribution in [1.29, 1.82) is 0 Å². The van der Waals surface area contributed by atoms with Gasteiger partial charge in [-0.15, -0.1) is 12.4 Å². The molecule has 0 spiro atoms. The van der Waals surface area contributed by atoms with E-state index in [0.717, 1.165) is 48.8 Å². The second kappa shape index (κ2) is 13.1. The van der Waals surface area contributed by atoms with Gasteiger partial charge in [-0.2, -0.15) is 0 Å². The Balaban J connectivity index is 0.000000444. The van der Waals surface area contributed by atoms with Crippen molar-refractivity contribution in [1.82, 2.24) is 9.88 Å². The molecule has 0 radical (unpaired) electrons. The lowest BCUT2D eigenvalue weighted by molar-refractivity contribution is 0.0980. The zero-order chi connectivity index (χ0) is 18.6. The van der Waals surface area contributed by atoms with E-state index >= 15 is 0 Å². The van der Waals surface area contributed by atoms with Crippen molar-refractivity contribution in [2.24, 2.45) is 7.05 Å². The fourth-order valence-corrected chi connectivity index (χ4v) is 2.97. The summed E-state index contributed by atoms with van der Waals surface area (Å²) < 4.78 is 2.04. The topological polar surface area (TPSA) is 34.0 Å². The number of Topliss-reactive ketones (excluding diaryl/α,β-unsaturated/α-hetero) is 1. The van der Waals surface area contributed by atoms with Gasteiger partial charge in [0.25, 0.3) is 0 Å². The van der Waals surface area contributed by atoms with Gasteiger partial charge in [0.2, 0.25) is 0 Å². The van der Waals surface area contributed by atoms with Gasteiger partial charge in [-0.1, -0.05) is 67.9 Å². The number of aromatic nitrogens is 1. The average Bonchev–Trinajstić information content (AvgIpc) is 3.03. The van der Waals surface area contributed by atoms with E-state index in [1.54, 1.807) is 0 Å². The molecule has 0 aliphatic heterocycles. The highest BCUT2D eigenvalue weighted by Gasteiger charge is 2.12. The summed E-state index contributed by atoms with van der Waals surface area (Å²) in [7, 11) is 2.00. The summed E-state index contributed by atoms with van der Waals surface area (Å²) in [6, 6.07) is 20.1. The van der Waals surface area contributed by atoms with Crippen molar-refractivity contribution in [3.63, 3.8) is 0 Å². The van der Waals surface area contributed by atoms with Crippen LogP contribution in [0.2, 0.25) is 0 Å². The number of ketones is 1. The maximum absolute atomic E-state index is 12.3. The number of para-hydroxylation sites is 1. The first-order chi connectivity index (χ1) is 12.7. The van der Waals surface area contributed by atoms with Gasteiger partial charge in [-0.05, 0) is 32.0 Å². The van der Waals surface area contributed by atoms with Gasteiger partial charge in [-0.25, -0.2) is 0 Å². The smallest absolute Gasteiger partial charge is 0.165 e. The summed E-state index contributed by atoms with van der Waals surface area (Å²) in [4.78, 5) is 12.3. The molecule has 3 rings (SSSR count). The molecule has 1 heterocycles. The third-order valence-electron chi connectivity index (χ3n) is 4.37. The first-order valence-electron chi connectivity index (χ1n) is 9.52. The highest BCUT2D eigenvalue weighted by Crippen LogP contribution is 2.22. The molecule has 0 saturated heterocycles. The third-order valence-corrected chi connectivity index (χ3v) is 4.37. The van der Waals surface area contributed by atoms with Crippen LogP contribution in [0.3, 0.4) is 0 Å². The molecule has 0 unspecified atom stereocenters. The van der Waals surface area contributed by atoms with Gasteiger partial charge in [0, 0.05) is 36.1 Å². The Morgan fingerprint density at radius 3 is 2.19 bits per heavy atom. The summed E-state index contributed by atoms with van der Waals surface area (Å²) >= 11 is 0. The standard InChI is InChI=1S/C17H24N2O.C6H6.ClH/c1-3-18-12-8-4-5-11-17(20)15-13-19(2)16-10-7-6-9-14(15)16;1-2-4-6-5-3-1;/h6-7,9-10,13,18H,3-5,8,11-12H2,1-2H3;1-6H;1H.